The van der Waals surface area contributed by atoms with Crippen molar-refractivity contribution in [3.63, 3.8) is 0 Å². The van der Waals surface area contributed by atoms with Crippen LogP contribution in [0.15, 0.2) is 29.5 Å². The number of likely N-dealkylation sites (tertiary alicyclic amines) is 1. The van der Waals surface area contributed by atoms with Gasteiger partial charge >= 0.3 is 0 Å². The third kappa shape index (κ3) is 5.79. The molecular formula is C17H21Cl2N7S. The van der Waals surface area contributed by atoms with E-state index in [0.29, 0.717) is 39.5 Å². The number of anilines is 1. The summed E-state index contributed by atoms with van der Waals surface area (Å²) in [5.74, 6) is 1.09. The minimum atomic E-state index is 0.295. The van der Waals surface area contributed by atoms with Crippen LogP contribution in [0.1, 0.15) is 25.3 Å². The third-order valence-electron chi connectivity index (χ3n) is 4.17. The van der Waals surface area contributed by atoms with Crippen LogP contribution in [0.25, 0.3) is 0 Å². The number of hydrogen-bond donors (Lipinski definition) is 2. The Morgan fingerprint density at radius 2 is 1.96 bits per heavy atom. The second kappa shape index (κ2) is 8.86. The molecule has 2 heterocycles. The number of halogens is 2. The summed E-state index contributed by atoms with van der Waals surface area (Å²) in [6, 6.07) is 5.74. The van der Waals surface area contributed by atoms with Crippen molar-refractivity contribution in [2.45, 2.75) is 32.4 Å². The third-order valence-corrected chi connectivity index (χ3v) is 4.96. The van der Waals surface area contributed by atoms with Crippen LogP contribution in [0.2, 0.25) is 10.0 Å². The summed E-state index contributed by atoms with van der Waals surface area (Å²) in [4.78, 5) is 10.6. The smallest absolute Gasteiger partial charge is 0.242 e. The van der Waals surface area contributed by atoms with Gasteiger partial charge < -0.3 is 16.0 Å². The van der Waals surface area contributed by atoms with Crippen LogP contribution in [0.4, 0.5) is 5.95 Å². The monoisotopic (exact) mass is 425 g/mol. The van der Waals surface area contributed by atoms with E-state index in [-0.39, 0.29) is 0 Å². The van der Waals surface area contributed by atoms with E-state index in [1.165, 1.54) is 0 Å². The Hall–Kier alpha value is -1.90. The second-order valence-corrected chi connectivity index (χ2v) is 7.72. The zero-order chi connectivity index (χ0) is 19.4. The molecule has 0 bridgehead atoms. The topological polar surface area (TPSA) is 84.4 Å². The fraction of sp³-hybridized carbons (Fsp3) is 0.412. The number of rotatable bonds is 4. The second-order valence-electron chi connectivity index (χ2n) is 6.48. The number of hydrogen-bond acceptors (Lipinski definition) is 4. The number of nitrogens with zero attached hydrogens (tertiary/aromatic N) is 5. The average Bonchev–Trinajstić information content (AvgIpc) is 3.00. The van der Waals surface area contributed by atoms with Crippen LogP contribution >= 0.6 is 35.4 Å². The molecule has 0 saturated carbocycles. The highest BCUT2D eigenvalue weighted by atomic mass is 35.5. The molecule has 27 heavy (non-hydrogen) atoms. The van der Waals surface area contributed by atoms with Crippen molar-refractivity contribution in [1.82, 2.24) is 19.7 Å². The molecule has 0 atom stereocenters. The van der Waals surface area contributed by atoms with Crippen molar-refractivity contribution >= 4 is 52.3 Å². The lowest BCUT2D eigenvalue weighted by atomic mass is 10.1. The van der Waals surface area contributed by atoms with Crippen molar-refractivity contribution in [2.24, 2.45) is 10.7 Å². The Balaban J connectivity index is 1.53. The van der Waals surface area contributed by atoms with Crippen LogP contribution in [0, 0.1) is 0 Å². The summed E-state index contributed by atoms with van der Waals surface area (Å²) in [6.45, 7) is 3.95. The van der Waals surface area contributed by atoms with E-state index in [9.17, 15) is 0 Å². The van der Waals surface area contributed by atoms with E-state index in [2.05, 4.69) is 25.3 Å². The van der Waals surface area contributed by atoms with Gasteiger partial charge in [0, 0.05) is 29.2 Å². The molecule has 144 valence electrons. The molecule has 1 aromatic heterocycles. The first-order chi connectivity index (χ1) is 12.9. The molecule has 0 radical (unpaired) electrons. The Labute approximate surface area is 173 Å². The minimum Gasteiger partial charge on any atom is -0.387 e. The highest BCUT2D eigenvalue weighted by molar-refractivity contribution is 7.80. The Morgan fingerprint density at radius 1 is 1.30 bits per heavy atom. The fourth-order valence-electron chi connectivity index (χ4n) is 2.95. The largest absolute Gasteiger partial charge is 0.387 e. The molecule has 10 heteroatoms. The Morgan fingerprint density at radius 3 is 2.59 bits per heavy atom. The first-order valence-corrected chi connectivity index (χ1v) is 9.76. The van der Waals surface area contributed by atoms with Crippen LogP contribution in [0.5, 0.6) is 0 Å². The lowest BCUT2D eigenvalue weighted by molar-refractivity contribution is 0.325. The molecule has 1 aliphatic rings. The van der Waals surface area contributed by atoms with E-state index >= 15 is 0 Å². The summed E-state index contributed by atoms with van der Waals surface area (Å²) in [7, 11) is 0. The number of benzene rings is 1. The number of nitrogens with two attached hydrogens (primary N) is 1. The predicted octanol–water partition coefficient (Wildman–Crippen LogP) is 3.17. The van der Waals surface area contributed by atoms with Crippen LogP contribution in [0.3, 0.4) is 0 Å². The van der Waals surface area contributed by atoms with Crippen molar-refractivity contribution in [1.29, 1.82) is 0 Å². The van der Waals surface area contributed by atoms with Crippen LogP contribution in [-0.2, 0) is 6.54 Å². The number of piperidine rings is 1. The maximum absolute atomic E-state index is 6.04. The minimum absolute atomic E-state index is 0.295. The Bertz CT molecular complexity index is 819. The predicted molar refractivity (Wildman–Crippen MR) is 114 cm³/mol. The normalized spacial score (nSPS) is 15.8. The van der Waals surface area contributed by atoms with Gasteiger partial charge in [0.25, 0.3) is 0 Å². The summed E-state index contributed by atoms with van der Waals surface area (Å²) in [5.41, 5.74) is 6.57. The summed E-state index contributed by atoms with van der Waals surface area (Å²) < 4.78 is 1.76. The van der Waals surface area contributed by atoms with E-state index in [0.717, 1.165) is 31.5 Å². The van der Waals surface area contributed by atoms with E-state index in [1.54, 1.807) is 24.0 Å². The fourth-order valence-corrected chi connectivity index (χ4v) is 3.84. The molecule has 0 spiro atoms. The van der Waals surface area contributed by atoms with Crippen molar-refractivity contribution < 1.29 is 0 Å². The summed E-state index contributed by atoms with van der Waals surface area (Å²) in [5, 5.41) is 9.63. The maximum Gasteiger partial charge on any atom is 0.242 e. The molecule has 3 N–H and O–H groups in total. The molecule has 1 aromatic carbocycles. The van der Waals surface area contributed by atoms with E-state index in [4.69, 9.17) is 41.2 Å². The van der Waals surface area contributed by atoms with Gasteiger partial charge in [0.2, 0.25) is 5.95 Å². The summed E-state index contributed by atoms with van der Waals surface area (Å²) in [6.07, 6.45) is 3.55. The molecule has 1 fully saturated rings. The lowest BCUT2D eigenvalue weighted by Crippen LogP contribution is -2.41. The van der Waals surface area contributed by atoms with Crippen molar-refractivity contribution in [3.8, 4) is 0 Å². The highest BCUT2D eigenvalue weighted by Gasteiger charge is 2.21. The highest BCUT2D eigenvalue weighted by Crippen LogP contribution is 2.20. The first kappa shape index (κ1) is 19.9. The molecule has 0 amide bonds. The number of aliphatic imine (C=N–C) groups is 1. The van der Waals surface area contributed by atoms with Gasteiger partial charge in [-0.2, -0.15) is 0 Å². The van der Waals surface area contributed by atoms with Gasteiger partial charge in [0.1, 0.15) is 6.33 Å². The van der Waals surface area contributed by atoms with Gasteiger partial charge in [-0.3, -0.25) is 0 Å². The SMILES string of the molecule is C/C(N)=N/C(=S)N1CCC(Nc2ncn(Cc3cc(Cl)cc(Cl)c3)n2)CC1. The van der Waals surface area contributed by atoms with Gasteiger partial charge in [0.05, 0.1) is 12.4 Å². The lowest BCUT2D eigenvalue weighted by Gasteiger charge is -2.32. The number of amidine groups is 1. The van der Waals surface area contributed by atoms with Crippen molar-refractivity contribution in [2.75, 3.05) is 18.4 Å². The number of nitrogens with one attached hydrogen (secondary N) is 1. The zero-order valence-electron chi connectivity index (χ0n) is 14.9. The Kier molecular flexibility index (Phi) is 6.51. The number of thiocarbonyl (C=S) groups is 1. The van der Waals surface area contributed by atoms with Crippen LogP contribution in [-0.4, -0.2) is 49.7 Å². The van der Waals surface area contributed by atoms with Crippen LogP contribution < -0.4 is 11.1 Å². The van der Waals surface area contributed by atoms with Crippen molar-refractivity contribution in [3.05, 3.63) is 40.1 Å². The molecule has 1 aliphatic heterocycles. The molecular weight excluding hydrogens is 405 g/mol. The molecule has 0 aliphatic carbocycles. The maximum atomic E-state index is 6.04. The summed E-state index contributed by atoms with van der Waals surface area (Å²) >= 11 is 17.4. The molecule has 1 saturated heterocycles. The van der Waals surface area contributed by atoms with E-state index < -0.39 is 0 Å². The van der Waals surface area contributed by atoms with E-state index in [1.807, 2.05) is 12.1 Å². The molecule has 2 aromatic rings. The zero-order valence-corrected chi connectivity index (χ0v) is 17.2. The molecule has 7 nitrogen and oxygen atoms in total. The quantitative estimate of drug-likeness (QED) is 0.444. The average molecular weight is 426 g/mol. The number of aromatic nitrogens is 3. The van der Waals surface area contributed by atoms with Gasteiger partial charge in [-0.25, -0.2) is 14.7 Å². The molecule has 0 unspecified atom stereocenters. The molecule has 3 rings (SSSR count). The van der Waals surface area contributed by atoms with Gasteiger partial charge in [0.15, 0.2) is 5.11 Å². The van der Waals surface area contributed by atoms with Gasteiger partial charge in [-0.1, -0.05) is 23.2 Å². The first-order valence-electron chi connectivity index (χ1n) is 8.59. The van der Waals surface area contributed by atoms with Gasteiger partial charge in [-0.05, 0) is 55.7 Å². The van der Waals surface area contributed by atoms with Gasteiger partial charge in [-0.15, -0.1) is 5.10 Å². The standard InChI is InChI=1S/C17H21Cl2N7S/c1-11(20)22-17(27)25-4-2-15(3-5-25)23-16-21-10-26(24-16)9-12-6-13(18)8-14(19)7-12/h6-8,10,15H,2-5,9H2,1H3,(H,23,24)(H2,20,22,27).